The fourth-order valence-corrected chi connectivity index (χ4v) is 4.45. The molecule has 3 heterocycles. The molecule has 6 nitrogen and oxygen atoms in total. The highest BCUT2D eigenvalue weighted by Gasteiger charge is 2.36. The smallest absolute Gasteiger partial charge is 0.267 e. The number of nitrogens with one attached hydrogen (secondary N) is 1. The van der Waals surface area contributed by atoms with Crippen molar-refractivity contribution in [2.24, 2.45) is 0 Å². The lowest BCUT2D eigenvalue weighted by molar-refractivity contribution is -0.134. The molecule has 3 aliphatic heterocycles. The third kappa shape index (κ3) is 3.05. The quantitative estimate of drug-likeness (QED) is 0.652. The topological polar surface area (TPSA) is 82.4 Å². The molecule has 1 aromatic rings. The highest BCUT2D eigenvalue weighted by molar-refractivity contribution is 6.67. The van der Waals surface area contributed by atoms with E-state index in [0.717, 1.165) is 36.9 Å². The van der Waals surface area contributed by atoms with E-state index in [0.29, 0.717) is 31.9 Å². The Balaban J connectivity index is 1.61. The van der Waals surface area contributed by atoms with Gasteiger partial charge in [-0.05, 0) is 24.0 Å². The Morgan fingerprint density at radius 2 is 2.04 bits per heavy atom. The van der Waals surface area contributed by atoms with Gasteiger partial charge in [-0.3, -0.25) is 14.9 Å². The second kappa shape index (κ2) is 7.03. The summed E-state index contributed by atoms with van der Waals surface area (Å²) in [5.41, 5.74) is 2.14. The third-order valence-corrected chi connectivity index (χ3v) is 5.85. The Hall–Kier alpha value is -2.49. The average Bonchev–Trinajstić information content (AvgIpc) is 2.67. The zero-order valence-electron chi connectivity index (χ0n) is 14.7. The molecule has 1 N–H and O–H groups in total. The van der Waals surface area contributed by atoms with Crippen LogP contribution in [0, 0.1) is 11.2 Å². The maximum Gasteiger partial charge on any atom is 0.267 e. The fourth-order valence-electron chi connectivity index (χ4n) is 4.45. The van der Waals surface area contributed by atoms with E-state index >= 15 is 0 Å². The number of carbonyl (C=O) groups is 2. The zero-order valence-corrected chi connectivity index (χ0v) is 14.7. The second-order valence-electron chi connectivity index (χ2n) is 7.38. The van der Waals surface area contributed by atoms with Crippen LogP contribution in [0.3, 0.4) is 0 Å². The molecular formula is C19H22BN3O3. The minimum atomic E-state index is -0.320. The molecule has 1 unspecified atom stereocenters. The predicted octanol–water partition coefficient (Wildman–Crippen LogP) is 2.13. The summed E-state index contributed by atoms with van der Waals surface area (Å²) in [6.07, 6.45) is 4.78. The molecule has 26 heavy (non-hydrogen) atoms. The van der Waals surface area contributed by atoms with Crippen LogP contribution >= 0.6 is 0 Å². The lowest BCUT2D eigenvalue weighted by atomic mass is 9.41. The molecular weight excluding hydrogens is 329 g/mol. The van der Waals surface area contributed by atoms with Crippen LogP contribution in [0.5, 0.6) is 5.75 Å². The summed E-state index contributed by atoms with van der Waals surface area (Å²) in [7, 11) is 0. The van der Waals surface area contributed by atoms with Crippen molar-refractivity contribution in [1.82, 2.24) is 5.32 Å². The number of para-hydroxylation sites is 1. The van der Waals surface area contributed by atoms with Crippen molar-refractivity contribution in [3.63, 3.8) is 0 Å². The number of hydrogen-bond donors (Lipinski definition) is 1. The zero-order chi connectivity index (χ0) is 18.1. The third-order valence-electron chi connectivity index (χ3n) is 5.85. The number of fused-ring (bicyclic) bond motifs is 1. The Morgan fingerprint density at radius 3 is 2.77 bits per heavy atom. The first kappa shape index (κ1) is 17.0. The van der Waals surface area contributed by atoms with Crippen molar-refractivity contribution in [3.05, 3.63) is 23.8 Å². The number of nitriles is 1. The largest absolute Gasteiger partial charge is 0.489 e. The van der Waals surface area contributed by atoms with Gasteiger partial charge in [0.2, 0.25) is 11.8 Å². The van der Waals surface area contributed by atoms with Crippen LogP contribution in [0.1, 0.15) is 37.2 Å². The van der Waals surface area contributed by atoms with Gasteiger partial charge >= 0.3 is 0 Å². The molecule has 4 rings (SSSR count). The highest BCUT2D eigenvalue weighted by atomic mass is 16.5. The van der Waals surface area contributed by atoms with Crippen LogP contribution in [0.25, 0.3) is 0 Å². The molecule has 0 aromatic heterocycles. The van der Waals surface area contributed by atoms with E-state index < -0.39 is 0 Å². The number of imide groups is 1. The molecule has 0 radical (unpaired) electrons. The second-order valence-corrected chi connectivity index (χ2v) is 7.38. The number of piperidine rings is 1. The highest BCUT2D eigenvalue weighted by Crippen LogP contribution is 2.44. The van der Waals surface area contributed by atoms with Gasteiger partial charge in [0.15, 0.2) is 0 Å². The van der Waals surface area contributed by atoms with E-state index in [1.54, 1.807) is 0 Å². The SMILES string of the molecule is N#CB1CCC(c2cccc3c2OCCN3C2CCC(=O)NC2=O)CC1. The van der Waals surface area contributed by atoms with Gasteiger partial charge in [0, 0.05) is 12.4 Å². The number of ether oxygens (including phenoxy) is 1. The summed E-state index contributed by atoms with van der Waals surface area (Å²) in [6.45, 7) is 1.35. The average molecular weight is 351 g/mol. The Bertz CT molecular complexity index is 768. The maximum atomic E-state index is 12.3. The number of benzene rings is 1. The van der Waals surface area contributed by atoms with Crippen molar-refractivity contribution >= 4 is 24.2 Å². The Kier molecular flexibility index (Phi) is 4.58. The monoisotopic (exact) mass is 351 g/mol. The molecule has 2 fully saturated rings. The van der Waals surface area contributed by atoms with Crippen molar-refractivity contribution in [2.45, 2.75) is 50.3 Å². The summed E-state index contributed by atoms with van der Waals surface area (Å²) in [6, 6.07) is 5.82. The normalized spacial score (nSPS) is 23.7. The molecule has 1 atom stereocenters. The summed E-state index contributed by atoms with van der Waals surface area (Å²) in [4.78, 5) is 25.9. The first-order chi connectivity index (χ1) is 12.7. The molecule has 0 saturated carbocycles. The van der Waals surface area contributed by atoms with Crippen molar-refractivity contribution < 1.29 is 14.3 Å². The fraction of sp³-hybridized carbons (Fsp3) is 0.526. The predicted molar refractivity (Wildman–Crippen MR) is 98.4 cm³/mol. The number of hydrogen-bond acceptors (Lipinski definition) is 5. The van der Waals surface area contributed by atoms with Gasteiger partial charge in [0.1, 0.15) is 18.4 Å². The van der Waals surface area contributed by atoms with E-state index in [-0.39, 0.29) is 24.6 Å². The first-order valence-corrected chi connectivity index (χ1v) is 9.43. The van der Waals surface area contributed by atoms with Crippen molar-refractivity contribution in [3.8, 4) is 11.7 Å². The van der Waals surface area contributed by atoms with Crippen LogP contribution in [-0.4, -0.2) is 37.7 Å². The number of amides is 2. The molecule has 2 saturated heterocycles. The molecule has 3 aliphatic rings. The minimum absolute atomic E-state index is 0.173. The van der Waals surface area contributed by atoms with E-state index in [9.17, 15) is 9.59 Å². The number of rotatable bonds is 2. The van der Waals surface area contributed by atoms with Crippen molar-refractivity contribution in [2.75, 3.05) is 18.1 Å². The van der Waals surface area contributed by atoms with Gasteiger partial charge < -0.3 is 9.64 Å². The molecule has 0 bridgehead atoms. The molecule has 2 amide bonds. The standard InChI is InChI=1S/C19H22BN3O3/c21-12-20-8-6-13(7-9-20)14-2-1-3-15-18(14)26-11-10-23(15)16-4-5-17(24)22-19(16)25/h1-3,13,16H,4-11H2,(H,22,24,25). The van der Waals surface area contributed by atoms with Crippen LogP contribution < -0.4 is 15.0 Å². The van der Waals surface area contributed by atoms with Gasteiger partial charge in [-0.1, -0.05) is 37.6 Å². The number of carbonyl (C=O) groups excluding carboxylic acids is 2. The van der Waals surface area contributed by atoms with Crippen molar-refractivity contribution in [1.29, 1.82) is 5.26 Å². The van der Waals surface area contributed by atoms with Crippen LogP contribution in [-0.2, 0) is 9.59 Å². The van der Waals surface area contributed by atoms with Gasteiger partial charge in [-0.2, -0.15) is 0 Å². The van der Waals surface area contributed by atoms with Crippen LogP contribution in [0.15, 0.2) is 18.2 Å². The molecule has 1 aromatic carbocycles. The number of nitrogens with zero attached hydrogens (tertiary/aromatic N) is 2. The van der Waals surface area contributed by atoms with E-state index in [1.165, 1.54) is 5.56 Å². The summed E-state index contributed by atoms with van der Waals surface area (Å²) < 4.78 is 6.03. The molecule has 0 spiro atoms. The van der Waals surface area contributed by atoms with E-state index in [4.69, 9.17) is 10.00 Å². The maximum absolute atomic E-state index is 12.3. The summed E-state index contributed by atoms with van der Waals surface area (Å²) in [5, 5.41) is 11.6. The molecule has 0 aliphatic carbocycles. The summed E-state index contributed by atoms with van der Waals surface area (Å²) in [5.74, 6) is 3.26. The van der Waals surface area contributed by atoms with E-state index in [2.05, 4.69) is 22.3 Å². The number of anilines is 1. The Labute approximate surface area is 153 Å². The van der Waals surface area contributed by atoms with Gasteiger partial charge in [-0.15, -0.1) is 0 Å². The first-order valence-electron chi connectivity index (χ1n) is 9.43. The van der Waals surface area contributed by atoms with Gasteiger partial charge in [-0.25, -0.2) is 5.26 Å². The van der Waals surface area contributed by atoms with Gasteiger partial charge in [0.25, 0.3) is 6.71 Å². The Morgan fingerprint density at radius 1 is 1.23 bits per heavy atom. The summed E-state index contributed by atoms with van der Waals surface area (Å²) >= 11 is 0. The molecule has 7 heteroatoms. The van der Waals surface area contributed by atoms with Gasteiger partial charge in [0.05, 0.1) is 12.2 Å². The van der Waals surface area contributed by atoms with E-state index in [1.807, 2.05) is 12.1 Å². The lowest BCUT2D eigenvalue weighted by Gasteiger charge is -2.39. The minimum Gasteiger partial charge on any atom is -0.489 e. The van der Waals surface area contributed by atoms with Crippen LogP contribution in [0.4, 0.5) is 5.69 Å². The van der Waals surface area contributed by atoms with Crippen LogP contribution in [0.2, 0.25) is 12.6 Å². The molecule has 134 valence electrons. The lowest BCUT2D eigenvalue weighted by Crippen LogP contribution is -2.54.